The molecule has 0 aliphatic heterocycles. The molecule has 0 aromatic carbocycles. The summed E-state index contributed by atoms with van der Waals surface area (Å²) >= 11 is 0. The number of aromatic nitrogens is 5. The molecule has 15 heteroatoms. The summed E-state index contributed by atoms with van der Waals surface area (Å²) in [4.78, 5) is 30.8. The molecule has 0 bridgehead atoms. The first-order valence-corrected chi connectivity index (χ1v) is 15.1. The summed E-state index contributed by atoms with van der Waals surface area (Å²) < 4.78 is 66.5. The molecule has 0 unspecified atom stereocenters. The topological polar surface area (TPSA) is 137 Å². The number of alkyl halides is 4. The third kappa shape index (κ3) is 6.87. The molecule has 44 heavy (non-hydrogen) atoms. The lowest BCUT2D eigenvalue weighted by Crippen LogP contribution is -2.40. The van der Waals surface area contributed by atoms with Crippen LogP contribution in [0.25, 0.3) is 5.65 Å². The van der Waals surface area contributed by atoms with Gasteiger partial charge in [-0.25, -0.2) is 31.7 Å². The van der Waals surface area contributed by atoms with Crippen molar-refractivity contribution < 1.29 is 36.5 Å². The summed E-state index contributed by atoms with van der Waals surface area (Å²) in [6.45, 7) is 2.35. The molecule has 3 heterocycles. The van der Waals surface area contributed by atoms with Crippen molar-refractivity contribution in [2.75, 3.05) is 13.2 Å². The largest absolute Gasteiger partial charge is 0.379 e. The van der Waals surface area contributed by atoms with Gasteiger partial charge in [0, 0.05) is 50.2 Å². The molecule has 3 aromatic rings. The molecule has 3 aromatic heterocycles. The zero-order chi connectivity index (χ0) is 31.1. The van der Waals surface area contributed by atoms with Gasteiger partial charge in [0.1, 0.15) is 5.69 Å². The molecule has 0 radical (unpaired) electrons. The van der Waals surface area contributed by atoms with Crippen molar-refractivity contribution in [1.29, 1.82) is 0 Å². The van der Waals surface area contributed by atoms with Crippen molar-refractivity contribution in [3.05, 3.63) is 41.1 Å². The lowest BCUT2D eigenvalue weighted by molar-refractivity contribution is -0.134. The molecule has 3 aliphatic rings. The highest BCUT2D eigenvalue weighted by Crippen LogP contribution is 2.44. The molecule has 2 amide bonds. The molecule has 11 nitrogen and oxygen atoms in total. The van der Waals surface area contributed by atoms with Crippen LogP contribution in [0, 0.1) is 11.8 Å². The lowest BCUT2D eigenvalue weighted by atomic mass is 9.79. The number of amides is 2. The van der Waals surface area contributed by atoms with Gasteiger partial charge in [-0.2, -0.15) is 5.10 Å². The van der Waals surface area contributed by atoms with Gasteiger partial charge >= 0.3 is 0 Å². The number of imidazole rings is 1. The van der Waals surface area contributed by atoms with Gasteiger partial charge in [-0.1, -0.05) is 5.16 Å². The zero-order valence-electron chi connectivity index (χ0n) is 24.3. The predicted molar refractivity (Wildman–Crippen MR) is 146 cm³/mol. The van der Waals surface area contributed by atoms with E-state index in [4.69, 9.17) is 14.3 Å². The monoisotopic (exact) mass is 621 g/mol. The Hall–Kier alpha value is -3.62. The lowest BCUT2D eigenvalue weighted by Gasteiger charge is -2.34. The van der Waals surface area contributed by atoms with Gasteiger partial charge in [0.15, 0.2) is 11.3 Å². The van der Waals surface area contributed by atoms with Crippen molar-refractivity contribution in [3.63, 3.8) is 0 Å². The minimum atomic E-state index is -2.75. The number of halogens is 4. The van der Waals surface area contributed by atoms with Gasteiger partial charge in [0.25, 0.3) is 5.91 Å². The zero-order valence-corrected chi connectivity index (χ0v) is 24.3. The fraction of sp³-hybridized carbons (Fsp3) is 0.655. The smallest absolute Gasteiger partial charge is 0.276 e. The molecular formula is C29H35F4N7O4. The maximum atomic E-state index is 14.1. The summed E-state index contributed by atoms with van der Waals surface area (Å²) in [5.74, 6) is -6.89. The number of carbonyl (C=O) groups is 2. The molecule has 238 valence electrons. The van der Waals surface area contributed by atoms with Crippen LogP contribution >= 0.6 is 0 Å². The Kier molecular flexibility index (Phi) is 8.33. The Morgan fingerprint density at radius 2 is 1.84 bits per heavy atom. The van der Waals surface area contributed by atoms with E-state index in [9.17, 15) is 27.2 Å². The number of nitrogens with one attached hydrogen (secondary N) is 2. The summed E-state index contributed by atoms with van der Waals surface area (Å²) in [6.07, 6.45) is 4.15. The average Bonchev–Trinajstić information content (AvgIpc) is 3.52. The summed E-state index contributed by atoms with van der Waals surface area (Å²) in [5.41, 5.74) is 2.03. The normalized spacial score (nSPS) is 21.5. The second-order valence-electron chi connectivity index (χ2n) is 12.3. The maximum absolute atomic E-state index is 14.1. The second-order valence-corrected chi connectivity index (χ2v) is 12.3. The Balaban J connectivity index is 1.23. The number of hydrogen-bond acceptors (Lipinski definition) is 8. The van der Waals surface area contributed by atoms with E-state index in [1.54, 1.807) is 18.5 Å². The van der Waals surface area contributed by atoms with Gasteiger partial charge in [-0.05, 0) is 55.7 Å². The summed E-state index contributed by atoms with van der Waals surface area (Å²) in [7, 11) is 0. The number of nitrogens with zero attached hydrogens (tertiary/aromatic N) is 5. The van der Waals surface area contributed by atoms with Crippen molar-refractivity contribution in [3.8, 4) is 0 Å². The Bertz CT molecular complexity index is 1490. The fourth-order valence-electron chi connectivity index (χ4n) is 6.17. The van der Waals surface area contributed by atoms with E-state index in [1.165, 1.54) is 4.52 Å². The van der Waals surface area contributed by atoms with Crippen LogP contribution in [0.4, 0.5) is 17.6 Å². The van der Waals surface area contributed by atoms with E-state index in [0.717, 1.165) is 12.8 Å². The van der Waals surface area contributed by atoms with Crippen LogP contribution < -0.4 is 10.6 Å². The van der Waals surface area contributed by atoms with Crippen LogP contribution in [0.1, 0.15) is 110 Å². The Morgan fingerprint density at radius 3 is 2.52 bits per heavy atom. The first kappa shape index (κ1) is 30.4. The van der Waals surface area contributed by atoms with Crippen LogP contribution in [0.15, 0.2) is 23.1 Å². The molecule has 2 atom stereocenters. The molecule has 3 fully saturated rings. The minimum absolute atomic E-state index is 0.00722. The highest BCUT2D eigenvalue weighted by molar-refractivity contribution is 5.93. The van der Waals surface area contributed by atoms with Gasteiger partial charge in [0.2, 0.25) is 17.8 Å². The second kappa shape index (κ2) is 12.1. The molecule has 0 saturated heterocycles. The number of rotatable bonds is 12. The number of carbonyl (C=O) groups excluding carboxylic acids is 2. The summed E-state index contributed by atoms with van der Waals surface area (Å²) in [6, 6.07) is 0.419. The molecule has 6 rings (SSSR count). The van der Waals surface area contributed by atoms with E-state index in [2.05, 4.69) is 26.0 Å². The van der Waals surface area contributed by atoms with Crippen molar-refractivity contribution >= 4 is 17.5 Å². The van der Waals surface area contributed by atoms with Gasteiger partial charge < -0.3 is 15.4 Å². The SMILES string of the molecule is CCOC[C@@H](NC(=O)CC1CC(F)(F)C1)c1cnn2cc([C@@H](NC(=O)c3nonc3C3CC3)C3CCC(F)(F)CC3)nc2c1. The third-order valence-electron chi connectivity index (χ3n) is 8.77. The molecule has 3 aliphatic carbocycles. The van der Waals surface area contributed by atoms with E-state index in [0.29, 0.717) is 29.2 Å². The number of fused-ring (bicyclic) bond motifs is 1. The standard InChI is InChI=1S/C29H35F4N7O4/c1-2-43-15-21(36-23(41)9-16-11-29(32,33)12-16)19-10-22-35-20(14-40(22)34-13-19)24(18-5-7-28(30,31)8-6-18)37-27(42)26-25(17-3-4-17)38-44-39-26/h10,13-14,16-18,21,24H,2-9,11-12,15H2,1H3,(H,36,41)(H,37,42)/t21-,24+/m1/s1. The van der Waals surface area contributed by atoms with E-state index in [-0.39, 0.29) is 80.9 Å². The highest BCUT2D eigenvalue weighted by Gasteiger charge is 2.46. The van der Waals surface area contributed by atoms with Crippen LogP contribution in [-0.2, 0) is 9.53 Å². The van der Waals surface area contributed by atoms with Gasteiger partial charge in [-0.15, -0.1) is 0 Å². The highest BCUT2D eigenvalue weighted by atomic mass is 19.3. The Morgan fingerprint density at radius 1 is 1.09 bits per heavy atom. The van der Waals surface area contributed by atoms with Crippen LogP contribution in [-0.4, -0.2) is 61.8 Å². The quantitative estimate of drug-likeness (QED) is 0.272. The average molecular weight is 622 g/mol. The molecule has 3 saturated carbocycles. The molecule has 2 N–H and O–H groups in total. The van der Waals surface area contributed by atoms with Crippen LogP contribution in [0.3, 0.4) is 0 Å². The van der Waals surface area contributed by atoms with E-state index in [1.807, 2.05) is 6.92 Å². The van der Waals surface area contributed by atoms with E-state index < -0.39 is 29.8 Å². The molecule has 0 spiro atoms. The fourth-order valence-corrected chi connectivity index (χ4v) is 6.17. The van der Waals surface area contributed by atoms with Crippen LogP contribution in [0.5, 0.6) is 0 Å². The van der Waals surface area contributed by atoms with Gasteiger partial charge in [0.05, 0.1) is 36.8 Å². The van der Waals surface area contributed by atoms with Crippen molar-refractivity contribution in [2.45, 2.75) is 94.6 Å². The van der Waals surface area contributed by atoms with Crippen LogP contribution in [0.2, 0.25) is 0 Å². The molecular weight excluding hydrogens is 586 g/mol. The first-order chi connectivity index (χ1) is 21.0. The number of ether oxygens (including phenoxy) is 1. The minimum Gasteiger partial charge on any atom is -0.379 e. The number of hydrogen-bond donors (Lipinski definition) is 2. The summed E-state index contributed by atoms with van der Waals surface area (Å²) in [5, 5.41) is 18.0. The maximum Gasteiger partial charge on any atom is 0.276 e. The first-order valence-electron chi connectivity index (χ1n) is 15.1. The Labute approximate surface area is 250 Å². The van der Waals surface area contributed by atoms with Gasteiger partial charge in [-0.3, -0.25) is 9.59 Å². The van der Waals surface area contributed by atoms with E-state index >= 15 is 0 Å². The predicted octanol–water partition coefficient (Wildman–Crippen LogP) is 4.92. The van der Waals surface area contributed by atoms with Crippen molar-refractivity contribution in [2.24, 2.45) is 11.8 Å². The van der Waals surface area contributed by atoms with Crippen molar-refractivity contribution in [1.82, 2.24) is 35.5 Å². The third-order valence-corrected chi connectivity index (χ3v) is 8.77.